The number of aromatic nitrogens is 2. The van der Waals surface area contributed by atoms with Gasteiger partial charge in [0.25, 0.3) is 0 Å². The van der Waals surface area contributed by atoms with Gasteiger partial charge in [-0.25, -0.2) is 4.79 Å². The second-order valence-electron chi connectivity index (χ2n) is 10.2. The Labute approximate surface area is 197 Å². The van der Waals surface area contributed by atoms with Crippen LogP contribution in [0.4, 0.5) is 4.79 Å². The number of piperidine rings is 3. The quantitative estimate of drug-likeness (QED) is 0.609. The molecule has 172 valence electrons. The molecule has 3 fully saturated rings. The van der Waals surface area contributed by atoms with Crippen molar-refractivity contribution in [3.05, 3.63) is 42.0 Å². The molecule has 4 aliphatic heterocycles. The predicted molar refractivity (Wildman–Crippen MR) is 127 cm³/mol. The monoisotopic (exact) mass is 464 g/mol. The first-order valence-electron chi connectivity index (χ1n) is 11.7. The molecule has 4 aliphatic rings. The van der Waals surface area contributed by atoms with E-state index in [0.717, 1.165) is 65.9 Å². The van der Waals surface area contributed by atoms with E-state index in [2.05, 4.69) is 57.1 Å². The average Bonchev–Trinajstić information content (AvgIpc) is 3.29. The number of ether oxygens (including phenoxy) is 2. The molecular formula is C25H28N4O3S. The molecule has 1 amide bonds. The zero-order valence-corrected chi connectivity index (χ0v) is 19.7. The van der Waals surface area contributed by atoms with Crippen LogP contribution in [0.3, 0.4) is 0 Å². The fraction of sp³-hybridized carbons (Fsp3) is 0.480. The van der Waals surface area contributed by atoms with Crippen LogP contribution in [0.1, 0.15) is 38.3 Å². The average molecular weight is 465 g/mol. The summed E-state index contributed by atoms with van der Waals surface area (Å²) in [5, 5.41) is 3.18. The van der Waals surface area contributed by atoms with Crippen LogP contribution in [-0.4, -0.2) is 52.1 Å². The van der Waals surface area contributed by atoms with Crippen LogP contribution in [0.25, 0.3) is 22.2 Å². The standard InChI is InChI=1S/C25H28N4O3S/c1-25(2)14-31-21-12-17(16-4-6-19-20(11-16)28-33-27-19)3-5-18(21)23(25)26-24(30)32-22-13-29-9-7-15(22)8-10-29/h3-6,11-12,15,22-23H,7-10,13-14H2,1-2H3,(H,26,30)/t22-,23?/m0/s1. The summed E-state index contributed by atoms with van der Waals surface area (Å²) in [6, 6.07) is 12.1. The Balaban J connectivity index is 1.23. The van der Waals surface area contributed by atoms with E-state index in [1.165, 1.54) is 11.7 Å². The number of carbonyl (C=O) groups excluding carboxylic acids is 1. The van der Waals surface area contributed by atoms with E-state index >= 15 is 0 Å². The SMILES string of the molecule is CC1(C)COc2cc(-c3ccc4nsnc4c3)ccc2C1NC(=O)O[C@H]1CN2CCC1CC2. The maximum absolute atomic E-state index is 12.9. The molecule has 7 rings (SSSR count). The Morgan fingerprint density at radius 3 is 2.67 bits per heavy atom. The van der Waals surface area contributed by atoms with E-state index in [9.17, 15) is 4.79 Å². The van der Waals surface area contributed by atoms with E-state index in [4.69, 9.17) is 9.47 Å². The molecule has 3 aromatic rings. The van der Waals surface area contributed by atoms with Crippen LogP contribution < -0.4 is 10.1 Å². The number of rotatable bonds is 3. The fourth-order valence-corrected chi connectivity index (χ4v) is 5.93. The van der Waals surface area contributed by atoms with Crippen molar-refractivity contribution in [1.82, 2.24) is 19.0 Å². The lowest BCUT2D eigenvalue weighted by Gasteiger charge is -2.44. The summed E-state index contributed by atoms with van der Waals surface area (Å²) >= 11 is 1.22. The molecule has 1 aromatic heterocycles. The van der Waals surface area contributed by atoms with Gasteiger partial charge in [-0.15, -0.1) is 0 Å². The predicted octanol–water partition coefficient (Wildman–Crippen LogP) is 4.64. The van der Waals surface area contributed by atoms with Gasteiger partial charge in [-0.2, -0.15) is 8.75 Å². The second kappa shape index (κ2) is 7.95. The minimum atomic E-state index is -0.328. The maximum atomic E-state index is 12.9. The van der Waals surface area contributed by atoms with E-state index in [0.29, 0.717) is 12.5 Å². The minimum Gasteiger partial charge on any atom is -0.493 e. The van der Waals surface area contributed by atoms with Gasteiger partial charge < -0.3 is 14.8 Å². The summed E-state index contributed by atoms with van der Waals surface area (Å²) in [4.78, 5) is 15.3. The molecule has 1 unspecified atom stereocenters. The van der Waals surface area contributed by atoms with Gasteiger partial charge >= 0.3 is 6.09 Å². The summed E-state index contributed by atoms with van der Waals surface area (Å²) < 4.78 is 20.7. The van der Waals surface area contributed by atoms with Crippen LogP contribution >= 0.6 is 11.7 Å². The smallest absolute Gasteiger partial charge is 0.407 e. The Morgan fingerprint density at radius 2 is 1.88 bits per heavy atom. The summed E-state index contributed by atoms with van der Waals surface area (Å²) in [6.07, 6.45) is 1.90. The molecule has 2 bridgehead atoms. The van der Waals surface area contributed by atoms with Gasteiger partial charge in [0.2, 0.25) is 0 Å². The first-order valence-corrected chi connectivity index (χ1v) is 12.4. The van der Waals surface area contributed by atoms with Gasteiger partial charge in [-0.3, -0.25) is 4.90 Å². The number of nitrogens with one attached hydrogen (secondary N) is 1. The molecule has 2 aromatic carbocycles. The van der Waals surface area contributed by atoms with Gasteiger partial charge in [0.05, 0.1) is 24.4 Å². The second-order valence-corrected chi connectivity index (χ2v) is 10.7. The molecule has 0 radical (unpaired) electrons. The molecule has 33 heavy (non-hydrogen) atoms. The van der Waals surface area contributed by atoms with E-state index in [1.54, 1.807) is 0 Å². The summed E-state index contributed by atoms with van der Waals surface area (Å²) in [7, 11) is 0. The van der Waals surface area contributed by atoms with Crippen molar-refractivity contribution in [3.8, 4) is 16.9 Å². The largest absolute Gasteiger partial charge is 0.493 e. The first-order chi connectivity index (χ1) is 16.0. The lowest BCUT2D eigenvalue weighted by molar-refractivity contribution is -0.0361. The van der Waals surface area contributed by atoms with Gasteiger partial charge in [0.1, 0.15) is 22.9 Å². The van der Waals surface area contributed by atoms with Gasteiger partial charge in [0.15, 0.2) is 0 Å². The number of benzene rings is 2. The lowest BCUT2D eigenvalue weighted by Crippen LogP contribution is -2.53. The third kappa shape index (κ3) is 3.85. The number of alkyl carbamates (subject to hydrolysis) is 1. The van der Waals surface area contributed by atoms with Crippen LogP contribution in [0.5, 0.6) is 5.75 Å². The number of amides is 1. The normalized spacial score (nSPS) is 27.6. The molecule has 2 atom stereocenters. The van der Waals surface area contributed by atoms with Crippen molar-refractivity contribution in [2.75, 3.05) is 26.2 Å². The molecule has 7 nitrogen and oxygen atoms in total. The van der Waals surface area contributed by atoms with Crippen molar-refractivity contribution in [1.29, 1.82) is 0 Å². The fourth-order valence-electron chi connectivity index (χ4n) is 5.41. The molecule has 1 N–H and O–H groups in total. The van der Waals surface area contributed by atoms with Gasteiger partial charge in [0, 0.05) is 17.5 Å². The highest BCUT2D eigenvalue weighted by molar-refractivity contribution is 7.00. The van der Waals surface area contributed by atoms with Crippen molar-refractivity contribution in [2.45, 2.75) is 38.8 Å². The summed E-state index contributed by atoms with van der Waals surface area (Å²) in [5.41, 5.74) is 4.65. The zero-order chi connectivity index (χ0) is 22.6. The first kappa shape index (κ1) is 20.9. The third-order valence-electron chi connectivity index (χ3n) is 7.41. The Hall–Kier alpha value is -2.71. The van der Waals surface area contributed by atoms with Crippen molar-refractivity contribution in [3.63, 3.8) is 0 Å². The highest BCUT2D eigenvalue weighted by atomic mass is 32.1. The van der Waals surface area contributed by atoms with Crippen molar-refractivity contribution < 1.29 is 14.3 Å². The topological polar surface area (TPSA) is 76.6 Å². The van der Waals surface area contributed by atoms with Gasteiger partial charge in [-0.05, 0) is 61.2 Å². The molecule has 8 heteroatoms. The number of carbonyl (C=O) groups is 1. The highest BCUT2D eigenvalue weighted by Crippen LogP contribution is 2.44. The number of hydrogen-bond donors (Lipinski definition) is 1. The molecular weight excluding hydrogens is 436 g/mol. The van der Waals surface area contributed by atoms with Crippen LogP contribution in [0, 0.1) is 11.3 Å². The Bertz CT molecular complexity index is 1200. The number of hydrogen-bond acceptors (Lipinski definition) is 7. The van der Waals surface area contributed by atoms with Gasteiger partial charge in [-0.1, -0.05) is 32.0 Å². The minimum absolute atomic E-state index is 0.00702. The molecule has 0 aliphatic carbocycles. The Kier molecular flexibility index (Phi) is 5.03. The number of fused-ring (bicyclic) bond motifs is 5. The molecule has 3 saturated heterocycles. The van der Waals surface area contributed by atoms with Crippen molar-refractivity contribution >= 4 is 28.9 Å². The molecule has 0 spiro atoms. The number of nitrogens with zero attached hydrogens (tertiary/aromatic N) is 3. The van der Waals surface area contributed by atoms with Crippen LogP contribution in [0.15, 0.2) is 36.4 Å². The maximum Gasteiger partial charge on any atom is 0.407 e. The molecule has 5 heterocycles. The van der Waals surface area contributed by atoms with E-state index in [-0.39, 0.29) is 23.7 Å². The van der Waals surface area contributed by atoms with Crippen LogP contribution in [-0.2, 0) is 4.74 Å². The van der Waals surface area contributed by atoms with Crippen LogP contribution in [0.2, 0.25) is 0 Å². The van der Waals surface area contributed by atoms with Crippen molar-refractivity contribution in [2.24, 2.45) is 11.3 Å². The lowest BCUT2D eigenvalue weighted by atomic mass is 9.78. The Morgan fingerprint density at radius 1 is 1.12 bits per heavy atom. The summed E-state index contributed by atoms with van der Waals surface area (Å²) in [6.45, 7) is 7.86. The van der Waals surface area contributed by atoms with E-state index in [1.807, 2.05) is 12.1 Å². The summed E-state index contributed by atoms with van der Waals surface area (Å²) in [5.74, 6) is 1.29. The zero-order valence-electron chi connectivity index (χ0n) is 18.9. The van der Waals surface area contributed by atoms with E-state index < -0.39 is 0 Å². The highest BCUT2D eigenvalue weighted by Gasteiger charge is 2.41. The third-order valence-corrected chi connectivity index (χ3v) is 7.97. The molecule has 0 saturated carbocycles.